The molecule has 2 rings (SSSR count). The summed E-state index contributed by atoms with van der Waals surface area (Å²) in [6.45, 7) is 3.06. The number of halogens is 1. The van der Waals surface area contributed by atoms with Crippen molar-refractivity contribution < 1.29 is 8.42 Å². The second-order valence-electron chi connectivity index (χ2n) is 5.42. The lowest BCUT2D eigenvalue weighted by Gasteiger charge is -2.20. The number of hydrogen-bond donors (Lipinski definition) is 1. The van der Waals surface area contributed by atoms with Gasteiger partial charge in [0.15, 0.2) is 9.84 Å². The number of hydrogen-bond acceptors (Lipinski definition) is 3. The van der Waals surface area contributed by atoms with Gasteiger partial charge in [0.1, 0.15) is 0 Å². The van der Waals surface area contributed by atoms with Crippen molar-refractivity contribution in [1.29, 1.82) is 0 Å². The van der Waals surface area contributed by atoms with E-state index in [1.54, 1.807) is 24.3 Å². The van der Waals surface area contributed by atoms with Gasteiger partial charge < -0.3 is 5.32 Å². The Bertz CT molecular complexity index is 527. The zero-order valence-electron chi connectivity index (χ0n) is 11.8. The first-order chi connectivity index (χ1) is 9.53. The molecule has 5 heteroatoms. The average molecular weight is 360 g/mol. The van der Waals surface area contributed by atoms with Gasteiger partial charge in [-0.05, 0) is 56.0 Å². The van der Waals surface area contributed by atoms with Gasteiger partial charge in [-0.2, -0.15) is 0 Å². The van der Waals surface area contributed by atoms with E-state index in [9.17, 15) is 8.42 Å². The van der Waals surface area contributed by atoms with Crippen molar-refractivity contribution in [2.24, 2.45) is 5.92 Å². The van der Waals surface area contributed by atoms with E-state index in [4.69, 9.17) is 0 Å². The van der Waals surface area contributed by atoms with Gasteiger partial charge in [-0.3, -0.25) is 0 Å². The Hall–Kier alpha value is -0.390. The molecule has 0 aromatic heterocycles. The van der Waals surface area contributed by atoms with Crippen molar-refractivity contribution in [1.82, 2.24) is 5.32 Å². The molecule has 1 saturated carbocycles. The summed E-state index contributed by atoms with van der Waals surface area (Å²) < 4.78 is 25.6. The van der Waals surface area contributed by atoms with E-state index in [2.05, 4.69) is 28.2 Å². The smallest absolute Gasteiger partial charge is 0.178 e. The van der Waals surface area contributed by atoms with Crippen LogP contribution in [0.1, 0.15) is 32.6 Å². The first-order valence-electron chi connectivity index (χ1n) is 7.24. The Balaban J connectivity index is 1.97. The maximum Gasteiger partial charge on any atom is 0.178 e. The number of sulfone groups is 1. The highest BCUT2D eigenvalue weighted by atomic mass is 79.9. The molecule has 2 atom stereocenters. The van der Waals surface area contributed by atoms with E-state index in [1.807, 2.05) is 0 Å². The van der Waals surface area contributed by atoms with Crippen LogP contribution in [0.2, 0.25) is 0 Å². The first kappa shape index (κ1) is 16.0. The molecule has 112 valence electrons. The van der Waals surface area contributed by atoms with E-state index < -0.39 is 9.84 Å². The van der Waals surface area contributed by atoms with E-state index in [1.165, 1.54) is 12.8 Å². The van der Waals surface area contributed by atoms with Gasteiger partial charge in [-0.25, -0.2) is 8.42 Å². The maximum atomic E-state index is 12.3. The van der Waals surface area contributed by atoms with E-state index in [0.29, 0.717) is 16.9 Å². The van der Waals surface area contributed by atoms with Gasteiger partial charge in [0.05, 0.1) is 10.6 Å². The number of benzene rings is 1. The van der Waals surface area contributed by atoms with Crippen LogP contribution in [0, 0.1) is 5.92 Å². The summed E-state index contributed by atoms with van der Waals surface area (Å²) in [5, 5.41) is 3.48. The van der Waals surface area contributed by atoms with Crippen LogP contribution in [0.3, 0.4) is 0 Å². The van der Waals surface area contributed by atoms with E-state index >= 15 is 0 Å². The highest BCUT2D eigenvalue weighted by molar-refractivity contribution is 9.10. The summed E-state index contributed by atoms with van der Waals surface area (Å²) in [5.41, 5.74) is 0. The van der Waals surface area contributed by atoms with Gasteiger partial charge in [0.2, 0.25) is 0 Å². The topological polar surface area (TPSA) is 46.2 Å². The molecule has 0 aliphatic heterocycles. The molecule has 3 nitrogen and oxygen atoms in total. The third kappa shape index (κ3) is 4.06. The number of nitrogens with one attached hydrogen (secondary N) is 1. The molecule has 0 spiro atoms. The lowest BCUT2D eigenvalue weighted by molar-refractivity contribution is 0.398. The van der Waals surface area contributed by atoms with E-state index in [0.717, 1.165) is 23.9 Å². The van der Waals surface area contributed by atoms with Crippen LogP contribution >= 0.6 is 15.9 Å². The molecule has 1 N–H and O–H groups in total. The van der Waals surface area contributed by atoms with Crippen molar-refractivity contribution >= 4 is 25.8 Å². The van der Waals surface area contributed by atoms with Crippen LogP contribution in [0.5, 0.6) is 0 Å². The molecule has 1 fully saturated rings. The molecule has 1 aromatic carbocycles. The second kappa shape index (κ2) is 7.05. The zero-order chi connectivity index (χ0) is 14.6. The highest BCUT2D eigenvalue weighted by Gasteiger charge is 2.28. The average Bonchev–Trinajstić information content (AvgIpc) is 2.85. The predicted octanol–water partition coefficient (Wildman–Crippen LogP) is 3.39. The monoisotopic (exact) mass is 359 g/mol. The third-order valence-corrected chi connectivity index (χ3v) is 6.35. The van der Waals surface area contributed by atoms with Crippen LogP contribution in [0.25, 0.3) is 0 Å². The third-order valence-electron chi connectivity index (χ3n) is 4.06. The summed E-state index contributed by atoms with van der Waals surface area (Å²) in [4.78, 5) is 0.429. The summed E-state index contributed by atoms with van der Waals surface area (Å²) >= 11 is 3.33. The summed E-state index contributed by atoms with van der Waals surface area (Å²) in [5.74, 6) is 0.751. The van der Waals surface area contributed by atoms with Gasteiger partial charge in [0, 0.05) is 10.5 Å². The fourth-order valence-electron chi connectivity index (χ4n) is 2.98. The van der Waals surface area contributed by atoms with Crippen molar-refractivity contribution in [2.45, 2.75) is 43.5 Å². The molecule has 1 aromatic rings. The minimum Gasteiger partial charge on any atom is -0.314 e. The van der Waals surface area contributed by atoms with Crippen LogP contribution in [0.15, 0.2) is 33.6 Å². The van der Waals surface area contributed by atoms with Crippen LogP contribution in [0.4, 0.5) is 0 Å². The molecule has 0 bridgehead atoms. The zero-order valence-corrected chi connectivity index (χ0v) is 14.2. The molecule has 0 heterocycles. The molecule has 0 radical (unpaired) electrons. The highest BCUT2D eigenvalue weighted by Crippen LogP contribution is 2.29. The molecular formula is C15H22BrNO2S. The fourth-order valence-corrected chi connectivity index (χ4v) is 4.64. The van der Waals surface area contributed by atoms with Crippen LogP contribution < -0.4 is 5.32 Å². The van der Waals surface area contributed by atoms with Crippen molar-refractivity contribution in [3.8, 4) is 0 Å². The largest absolute Gasteiger partial charge is 0.314 e. The summed E-state index contributed by atoms with van der Waals surface area (Å²) in [6.07, 6.45) is 4.29. The fraction of sp³-hybridized carbons (Fsp3) is 0.600. The molecule has 1 aliphatic carbocycles. The lowest BCUT2D eigenvalue weighted by atomic mass is 10.0. The Morgan fingerprint density at radius 2 is 1.95 bits per heavy atom. The second-order valence-corrected chi connectivity index (χ2v) is 8.44. The minimum atomic E-state index is -3.15. The van der Waals surface area contributed by atoms with Gasteiger partial charge >= 0.3 is 0 Å². The quantitative estimate of drug-likeness (QED) is 0.846. The van der Waals surface area contributed by atoms with Crippen molar-refractivity contribution in [3.63, 3.8) is 0 Å². The molecule has 0 amide bonds. The molecular weight excluding hydrogens is 338 g/mol. The standard InChI is InChI=1S/C15H22BrNO2S/c1-2-17-15-5-3-4-12(15)10-11-20(18,19)14-8-6-13(16)7-9-14/h6-9,12,15,17H,2-5,10-11H2,1H3. The molecule has 20 heavy (non-hydrogen) atoms. The lowest BCUT2D eigenvalue weighted by Crippen LogP contribution is -2.33. The Morgan fingerprint density at radius 3 is 2.60 bits per heavy atom. The minimum absolute atomic E-state index is 0.251. The predicted molar refractivity (Wildman–Crippen MR) is 85.6 cm³/mol. The SMILES string of the molecule is CCNC1CCCC1CCS(=O)(=O)c1ccc(Br)cc1. The summed E-state index contributed by atoms with van der Waals surface area (Å²) in [6, 6.07) is 7.42. The Kier molecular flexibility index (Phi) is 5.64. The molecule has 1 aliphatic rings. The van der Waals surface area contributed by atoms with Gasteiger partial charge in [-0.1, -0.05) is 29.3 Å². The van der Waals surface area contributed by atoms with Gasteiger partial charge in [-0.15, -0.1) is 0 Å². The van der Waals surface area contributed by atoms with Crippen LogP contribution in [-0.4, -0.2) is 26.8 Å². The molecule has 0 saturated heterocycles. The van der Waals surface area contributed by atoms with Crippen molar-refractivity contribution in [3.05, 3.63) is 28.7 Å². The Labute approximate surface area is 130 Å². The number of rotatable bonds is 6. The summed E-state index contributed by atoms with van der Waals surface area (Å²) in [7, 11) is -3.15. The molecule has 2 unspecified atom stereocenters. The first-order valence-corrected chi connectivity index (χ1v) is 9.69. The van der Waals surface area contributed by atoms with E-state index in [-0.39, 0.29) is 5.75 Å². The van der Waals surface area contributed by atoms with Crippen molar-refractivity contribution in [2.75, 3.05) is 12.3 Å². The normalized spacial score (nSPS) is 23.1. The van der Waals surface area contributed by atoms with Crippen LogP contribution in [-0.2, 0) is 9.84 Å². The van der Waals surface area contributed by atoms with Gasteiger partial charge in [0.25, 0.3) is 0 Å². The maximum absolute atomic E-state index is 12.3. The Morgan fingerprint density at radius 1 is 1.25 bits per heavy atom.